The van der Waals surface area contributed by atoms with E-state index in [9.17, 15) is 8.42 Å². The Bertz CT molecular complexity index is 679. The number of rotatable bonds is 2. The summed E-state index contributed by atoms with van der Waals surface area (Å²) in [6, 6.07) is 3.41. The highest BCUT2D eigenvalue weighted by atomic mass is 32.2. The van der Waals surface area contributed by atoms with Gasteiger partial charge in [-0.05, 0) is 18.6 Å². The molecule has 0 amide bonds. The van der Waals surface area contributed by atoms with Crippen molar-refractivity contribution in [2.75, 3.05) is 13.1 Å². The lowest BCUT2D eigenvalue weighted by molar-refractivity contribution is 0.473. The van der Waals surface area contributed by atoms with Crippen LogP contribution in [0.15, 0.2) is 29.4 Å². The quantitative estimate of drug-likeness (QED) is 0.817. The fourth-order valence-electron chi connectivity index (χ4n) is 2.26. The molecule has 18 heavy (non-hydrogen) atoms. The molecule has 96 valence electrons. The van der Waals surface area contributed by atoms with Crippen molar-refractivity contribution in [1.82, 2.24) is 14.3 Å². The first-order valence-electron chi connectivity index (χ1n) is 5.77. The van der Waals surface area contributed by atoms with E-state index in [4.69, 9.17) is 5.73 Å². The van der Waals surface area contributed by atoms with Crippen LogP contribution in [0.1, 0.15) is 6.42 Å². The zero-order valence-corrected chi connectivity index (χ0v) is 10.5. The first kappa shape index (κ1) is 11.6. The molecule has 0 aromatic carbocycles. The second-order valence-corrected chi connectivity index (χ2v) is 6.37. The standard InChI is InChI=1S/C11H14N4O2S/c12-8-3-5-15(7-8)18(16,17)10-6-14-11-9(10)2-1-4-13-11/h1-2,4,6,8H,3,5,7,12H2,(H,13,14)/t8-/m1/s1. The monoisotopic (exact) mass is 266 g/mol. The highest BCUT2D eigenvalue weighted by Crippen LogP contribution is 2.26. The van der Waals surface area contributed by atoms with E-state index < -0.39 is 10.0 Å². The molecule has 0 unspecified atom stereocenters. The van der Waals surface area contributed by atoms with Gasteiger partial charge >= 0.3 is 0 Å². The van der Waals surface area contributed by atoms with Crippen LogP contribution in [0.4, 0.5) is 0 Å². The zero-order chi connectivity index (χ0) is 12.8. The number of sulfonamides is 1. The van der Waals surface area contributed by atoms with Crippen LogP contribution in [0.25, 0.3) is 11.0 Å². The molecule has 1 aliphatic rings. The minimum atomic E-state index is -3.47. The molecule has 0 spiro atoms. The second-order valence-electron chi connectivity index (χ2n) is 4.46. The van der Waals surface area contributed by atoms with Crippen LogP contribution in [0.3, 0.4) is 0 Å². The predicted molar refractivity (Wildman–Crippen MR) is 67.4 cm³/mol. The van der Waals surface area contributed by atoms with Gasteiger partial charge in [-0.25, -0.2) is 13.4 Å². The molecule has 3 heterocycles. The first-order valence-corrected chi connectivity index (χ1v) is 7.21. The molecule has 1 atom stereocenters. The molecule has 1 aliphatic heterocycles. The summed E-state index contributed by atoms with van der Waals surface area (Å²) in [6.07, 6.45) is 3.83. The maximum atomic E-state index is 12.5. The lowest BCUT2D eigenvalue weighted by Crippen LogP contribution is -2.31. The van der Waals surface area contributed by atoms with Gasteiger partial charge in [0.2, 0.25) is 10.0 Å². The highest BCUT2D eigenvalue weighted by molar-refractivity contribution is 7.89. The number of H-pyrrole nitrogens is 1. The van der Waals surface area contributed by atoms with Crippen molar-refractivity contribution in [3.63, 3.8) is 0 Å². The number of nitrogens with two attached hydrogens (primary N) is 1. The van der Waals surface area contributed by atoms with Crippen molar-refractivity contribution in [2.24, 2.45) is 5.73 Å². The Balaban J connectivity index is 2.08. The third-order valence-corrected chi connectivity index (χ3v) is 5.12. The van der Waals surface area contributed by atoms with Crippen LogP contribution in [0, 0.1) is 0 Å². The van der Waals surface area contributed by atoms with E-state index in [1.807, 2.05) is 0 Å². The number of pyridine rings is 1. The van der Waals surface area contributed by atoms with Crippen LogP contribution >= 0.6 is 0 Å². The van der Waals surface area contributed by atoms with Gasteiger partial charge in [0.1, 0.15) is 10.5 Å². The van der Waals surface area contributed by atoms with Crippen LogP contribution in [-0.4, -0.2) is 41.8 Å². The number of aromatic amines is 1. The highest BCUT2D eigenvalue weighted by Gasteiger charge is 2.32. The predicted octanol–water partition coefficient (Wildman–Crippen LogP) is 0.285. The molecule has 0 aliphatic carbocycles. The van der Waals surface area contributed by atoms with Gasteiger partial charge < -0.3 is 10.7 Å². The third-order valence-electron chi connectivity index (χ3n) is 3.22. The normalized spacial score (nSPS) is 21.7. The average Bonchev–Trinajstić information content (AvgIpc) is 2.95. The van der Waals surface area contributed by atoms with Crippen molar-refractivity contribution in [3.05, 3.63) is 24.5 Å². The van der Waals surface area contributed by atoms with Gasteiger partial charge in [0.25, 0.3) is 0 Å². The van der Waals surface area contributed by atoms with Crippen LogP contribution in [-0.2, 0) is 10.0 Å². The minimum absolute atomic E-state index is 0.0666. The van der Waals surface area contributed by atoms with E-state index in [2.05, 4.69) is 9.97 Å². The van der Waals surface area contributed by atoms with Crippen molar-refractivity contribution in [3.8, 4) is 0 Å². The summed E-state index contributed by atoms with van der Waals surface area (Å²) >= 11 is 0. The molecule has 2 aromatic heterocycles. The lowest BCUT2D eigenvalue weighted by Gasteiger charge is -2.14. The zero-order valence-electron chi connectivity index (χ0n) is 9.70. The van der Waals surface area contributed by atoms with Crippen molar-refractivity contribution in [2.45, 2.75) is 17.4 Å². The van der Waals surface area contributed by atoms with Crippen LogP contribution < -0.4 is 5.73 Å². The molecule has 1 fully saturated rings. The van der Waals surface area contributed by atoms with E-state index in [-0.39, 0.29) is 10.9 Å². The van der Waals surface area contributed by atoms with E-state index >= 15 is 0 Å². The molecule has 0 saturated carbocycles. The van der Waals surface area contributed by atoms with Crippen LogP contribution in [0.5, 0.6) is 0 Å². The summed E-state index contributed by atoms with van der Waals surface area (Å²) in [4.78, 5) is 7.25. The van der Waals surface area contributed by atoms with Gasteiger partial charge in [-0.2, -0.15) is 4.31 Å². The molecular weight excluding hydrogens is 252 g/mol. The molecule has 1 saturated heterocycles. The maximum Gasteiger partial charge on any atom is 0.245 e. The lowest BCUT2D eigenvalue weighted by atomic mass is 10.3. The topological polar surface area (TPSA) is 92.1 Å². The molecular formula is C11H14N4O2S. The first-order chi connectivity index (χ1) is 8.59. The Labute approximate surface area is 105 Å². The number of hydrogen-bond donors (Lipinski definition) is 2. The summed E-state index contributed by atoms with van der Waals surface area (Å²) in [5, 5.41) is 0.623. The molecule has 6 nitrogen and oxygen atoms in total. The summed E-state index contributed by atoms with van der Waals surface area (Å²) in [6.45, 7) is 0.867. The summed E-state index contributed by atoms with van der Waals surface area (Å²) in [5.74, 6) is 0. The van der Waals surface area contributed by atoms with Gasteiger partial charge in [0.05, 0.1) is 0 Å². The number of nitrogens with zero attached hydrogens (tertiary/aromatic N) is 2. The maximum absolute atomic E-state index is 12.5. The molecule has 3 N–H and O–H groups in total. The smallest absolute Gasteiger partial charge is 0.245 e. The van der Waals surface area contributed by atoms with Gasteiger partial charge in [-0.1, -0.05) is 0 Å². The van der Waals surface area contributed by atoms with Crippen molar-refractivity contribution in [1.29, 1.82) is 0 Å². The molecule has 7 heteroatoms. The fourth-order valence-corrected chi connectivity index (χ4v) is 3.92. The Morgan fingerprint density at radius 1 is 1.50 bits per heavy atom. The average molecular weight is 266 g/mol. The Morgan fingerprint density at radius 3 is 3.06 bits per heavy atom. The minimum Gasteiger partial charge on any atom is -0.345 e. The van der Waals surface area contributed by atoms with E-state index in [1.54, 1.807) is 18.3 Å². The Kier molecular flexibility index (Phi) is 2.61. The molecule has 0 bridgehead atoms. The second kappa shape index (κ2) is 4.04. The molecule has 3 rings (SSSR count). The summed E-state index contributed by atoms with van der Waals surface area (Å²) < 4.78 is 26.4. The fraction of sp³-hybridized carbons (Fsp3) is 0.364. The van der Waals surface area contributed by atoms with E-state index in [0.29, 0.717) is 30.5 Å². The van der Waals surface area contributed by atoms with E-state index in [0.717, 1.165) is 0 Å². The Morgan fingerprint density at radius 2 is 2.33 bits per heavy atom. The summed E-state index contributed by atoms with van der Waals surface area (Å²) in [5.41, 5.74) is 6.34. The van der Waals surface area contributed by atoms with Gasteiger partial charge in [0, 0.05) is 36.9 Å². The van der Waals surface area contributed by atoms with Gasteiger partial charge in [0.15, 0.2) is 0 Å². The van der Waals surface area contributed by atoms with Gasteiger partial charge in [-0.3, -0.25) is 0 Å². The third kappa shape index (κ3) is 1.71. The summed E-state index contributed by atoms with van der Waals surface area (Å²) in [7, 11) is -3.47. The number of aromatic nitrogens is 2. The number of fused-ring (bicyclic) bond motifs is 1. The molecule has 0 radical (unpaired) electrons. The van der Waals surface area contributed by atoms with Crippen LogP contribution in [0.2, 0.25) is 0 Å². The number of hydrogen-bond acceptors (Lipinski definition) is 4. The van der Waals surface area contributed by atoms with Crippen molar-refractivity contribution < 1.29 is 8.42 Å². The molecule has 2 aromatic rings. The number of nitrogens with one attached hydrogen (secondary N) is 1. The van der Waals surface area contributed by atoms with Crippen molar-refractivity contribution >= 4 is 21.1 Å². The Hall–Kier alpha value is -1.44. The SMILES string of the molecule is N[C@@H]1CCN(S(=O)(=O)c2c[nH]c3ncccc23)C1. The van der Waals surface area contributed by atoms with E-state index in [1.165, 1.54) is 10.5 Å². The largest absolute Gasteiger partial charge is 0.345 e. The van der Waals surface area contributed by atoms with Gasteiger partial charge in [-0.15, -0.1) is 0 Å².